The maximum atomic E-state index is 13.3. The SMILES string of the molecule is C[C@H]1Cc2ccccc2N1C(=O)CCc1nc(-c2cccc(F)c2)no1. The number of carbonyl (C=O) groups excluding carboxylic acids is 1. The van der Waals surface area contributed by atoms with E-state index in [9.17, 15) is 9.18 Å². The van der Waals surface area contributed by atoms with Crippen LogP contribution in [0.3, 0.4) is 0 Å². The summed E-state index contributed by atoms with van der Waals surface area (Å²) in [5, 5.41) is 3.88. The van der Waals surface area contributed by atoms with E-state index in [0.717, 1.165) is 12.1 Å². The average molecular weight is 351 g/mol. The molecule has 6 heteroatoms. The van der Waals surface area contributed by atoms with Gasteiger partial charge >= 0.3 is 0 Å². The van der Waals surface area contributed by atoms with E-state index < -0.39 is 0 Å². The summed E-state index contributed by atoms with van der Waals surface area (Å²) in [5.41, 5.74) is 2.73. The van der Waals surface area contributed by atoms with Crippen molar-refractivity contribution in [1.82, 2.24) is 10.1 Å². The van der Waals surface area contributed by atoms with Gasteiger partial charge in [-0.3, -0.25) is 4.79 Å². The van der Waals surface area contributed by atoms with Crippen LogP contribution in [0.1, 0.15) is 24.8 Å². The van der Waals surface area contributed by atoms with Gasteiger partial charge in [0.25, 0.3) is 0 Å². The minimum absolute atomic E-state index is 0.0351. The van der Waals surface area contributed by atoms with E-state index >= 15 is 0 Å². The van der Waals surface area contributed by atoms with Gasteiger partial charge in [0.1, 0.15) is 5.82 Å². The number of nitrogens with zero attached hydrogens (tertiary/aromatic N) is 3. The van der Waals surface area contributed by atoms with Gasteiger partial charge in [0.2, 0.25) is 17.6 Å². The van der Waals surface area contributed by atoms with E-state index in [1.165, 1.54) is 17.7 Å². The Bertz CT molecular complexity index is 953. The molecule has 0 unspecified atom stereocenters. The number of fused-ring (bicyclic) bond motifs is 1. The van der Waals surface area contributed by atoms with Crippen LogP contribution in [-0.2, 0) is 17.6 Å². The summed E-state index contributed by atoms with van der Waals surface area (Å²) in [6.45, 7) is 2.05. The molecule has 1 atom stereocenters. The highest BCUT2D eigenvalue weighted by atomic mass is 19.1. The molecule has 2 aromatic carbocycles. The third-order valence-corrected chi connectivity index (χ3v) is 4.58. The van der Waals surface area contributed by atoms with Crippen LogP contribution in [0.2, 0.25) is 0 Å². The van der Waals surface area contributed by atoms with Crippen molar-refractivity contribution in [3.63, 3.8) is 0 Å². The minimum atomic E-state index is -0.356. The third-order valence-electron chi connectivity index (χ3n) is 4.58. The average Bonchev–Trinajstić information content (AvgIpc) is 3.23. The molecule has 2 heterocycles. The summed E-state index contributed by atoms with van der Waals surface area (Å²) in [4.78, 5) is 18.8. The number of rotatable bonds is 4. The van der Waals surface area contributed by atoms with Crippen molar-refractivity contribution in [2.75, 3.05) is 4.90 Å². The van der Waals surface area contributed by atoms with E-state index in [1.807, 2.05) is 30.0 Å². The van der Waals surface area contributed by atoms with Crippen LogP contribution in [0, 0.1) is 5.82 Å². The Morgan fingerprint density at radius 3 is 2.96 bits per heavy atom. The number of benzene rings is 2. The summed E-state index contributed by atoms with van der Waals surface area (Å²) < 4.78 is 18.5. The van der Waals surface area contributed by atoms with Gasteiger partial charge in [-0.1, -0.05) is 35.5 Å². The molecule has 5 nitrogen and oxygen atoms in total. The fourth-order valence-electron chi connectivity index (χ4n) is 3.38. The highest BCUT2D eigenvalue weighted by molar-refractivity contribution is 5.96. The van der Waals surface area contributed by atoms with Crippen molar-refractivity contribution < 1.29 is 13.7 Å². The molecule has 0 saturated heterocycles. The number of anilines is 1. The van der Waals surface area contributed by atoms with Crippen LogP contribution in [0.25, 0.3) is 11.4 Å². The quantitative estimate of drug-likeness (QED) is 0.718. The van der Waals surface area contributed by atoms with Crippen molar-refractivity contribution in [3.05, 3.63) is 65.8 Å². The highest BCUT2D eigenvalue weighted by Crippen LogP contribution is 2.32. The standard InChI is InChI=1S/C20H18FN3O2/c1-13-11-14-5-2-3-8-17(14)24(13)19(25)10-9-18-22-20(23-26-18)15-6-4-7-16(21)12-15/h2-8,12-13H,9-11H2,1H3/t13-/m0/s1. The Morgan fingerprint density at radius 2 is 2.12 bits per heavy atom. The Morgan fingerprint density at radius 1 is 1.27 bits per heavy atom. The van der Waals surface area contributed by atoms with Gasteiger partial charge in [0.15, 0.2) is 0 Å². The molecule has 1 aliphatic heterocycles. The van der Waals surface area contributed by atoms with E-state index in [4.69, 9.17) is 4.52 Å². The molecule has 0 saturated carbocycles. The maximum Gasteiger partial charge on any atom is 0.227 e. The number of para-hydroxylation sites is 1. The van der Waals surface area contributed by atoms with Crippen molar-refractivity contribution in [2.24, 2.45) is 0 Å². The molecule has 0 N–H and O–H groups in total. The maximum absolute atomic E-state index is 13.3. The summed E-state index contributed by atoms with van der Waals surface area (Å²) in [7, 11) is 0. The van der Waals surface area contributed by atoms with E-state index in [1.54, 1.807) is 12.1 Å². The minimum Gasteiger partial charge on any atom is -0.339 e. The summed E-state index contributed by atoms with van der Waals surface area (Å²) in [6, 6.07) is 14.1. The first-order chi connectivity index (χ1) is 12.6. The highest BCUT2D eigenvalue weighted by Gasteiger charge is 2.30. The second kappa shape index (κ2) is 6.71. The predicted octanol–water partition coefficient (Wildman–Crippen LogP) is 3.79. The fourth-order valence-corrected chi connectivity index (χ4v) is 3.38. The normalized spacial score (nSPS) is 15.9. The van der Waals surface area contributed by atoms with Gasteiger partial charge in [-0.2, -0.15) is 4.98 Å². The lowest BCUT2D eigenvalue weighted by Gasteiger charge is -2.22. The van der Waals surface area contributed by atoms with Crippen LogP contribution in [0.5, 0.6) is 0 Å². The molecule has 0 spiro atoms. The smallest absolute Gasteiger partial charge is 0.227 e. The number of aryl methyl sites for hydroxylation is 1. The lowest BCUT2D eigenvalue weighted by Crippen LogP contribution is -2.35. The number of carbonyl (C=O) groups is 1. The lowest BCUT2D eigenvalue weighted by molar-refractivity contribution is -0.118. The molecule has 0 bridgehead atoms. The number of amides is 1. The number of halogens is 1. The molecule has 0 fully saturated rings. The van der Waals surface area contributed by atoms with Crippen LogP contribution < -0.4 is 4.90 Å². The van der Waals surface area contributed by atoms with Crippen LogP contribution >= 0.6 is 0 Å². The monoisotopic (exact) mass is 351 g/mol. The zero-order valence-corrected chi connectivity index (χ0v) is 14.4. The van der Waals surface area contributed by atoms with Gasteiger partial charge in [-0.25, -0.2) is 4.39 Å². The Labute approximate surface area is 150 Å². The van der Waals surface area contributed by atoms with Crippen LogP contribution in [0.4, 0.5) is 10.1 Å². The van der Waals surface area contributed by atoms with Gasteiger partial charge in [0.05, 0.1) is 0 Å². The third kappa shape index (κ3) is 3.10. The molecule has 1 amide bonds. The number of hydrogen-bond donors (Lipinski definition) is 0. The van der Waals surface area contributed by atoms with Crippen molar-refractivity contribution in [3.8, 4) is 11.4 Å². The molecular weight excluding hydrogens is 333 g/mol. The lowest BCUT2D eigenvalue weighted by atomic mass is 10.1. The Balaban J connectivity index is 1.44. The summed E-state index contributed by atoms with van der Waals surface area (Å²) in [5.74, 6) is 0.378. The number of aromatic nitrogens is 2. The van der Waals surface area contributed by atoms with Gasteiger partial charge in [0, 0.05) is 30.1 Å². The fraction of sp³-hybridized carbons (Fsp3) is 0.250. The van der Waals surface area contributed by atoms with Gasteiger partial charge in [-0.05, 0) is 37.1 Å². The molecule has 132 valence electrons. The molecule has 1 aliphatic rings. The Hall–Kier alpha value is -3.02. The predicted molar refractivity (Wildman–Crippen MR) is 95.1 cm³/mol. The topological polar surface area (TPSA) is 59.2 Å². The molecule has 26 heavy (non-hydrogen) atoms. The van der Waals surface area contributed by atoms with Crippen LogP contribution in [0.15, 0.2) is 53.1 Å². The first-order valence-corrected chi connectivity index (χ1v) is 8.60. The number of hydrogen-bond acceptors (Lipinski definition) is 4. The zero-order valence-electron chi connectivity index (χ0n) is 14.4. The van der Waals surface area contributed by atoms with E-state index in [2.05, 4.69) is 16.2 Å². The van der Waals surface area contributed by atoms with Crippen molar-refractivity contribution in [1.29, 1.82) is 0 Å². The second-order valence-electron chi connectivity index (χ2n) is 6.47. The zero-order chi connectivity index (χ0) is 18.1. The summed E-state index contributed by atoms with van der Waals surface area (Å²) in [6.07, 6.45) is 1.50. The molecule has 3 aromatic rings. The largest absolute Gasteiger partial charge is 0.339 e. The molecule has 0 aliphatic carbocycles. The first kappa shape index (κ1) is 16.4. The summed E-state index contributed by atoms with van der Waals surface area (Å²) >= 11 is 0. The molecule has 4 rings (SSSR count). The Kier molecular flexibility index (Phi) is 4.24. The van der Waals surface area contributed by atoms with Crippen molar-refractivity contribution >= 4 is 11.6 Å². The van der Waals surface area contributed by atoms with Crippen LogP contribution in [-0.4, -0.2) is 22.1 Å². The van der Waals surface area contributed by atoms with Crippen molar-refractivity contribution in [2.45, 2.75) is 32.2 Å². The molecule has 1 aromatic heterocycles. The second-order valence-corrected chi connectivity index (χ2v) is 6.47. The van der Waals surface area contributed by atoms with Gasteiger partial charge < -0.3 is 9.42 Å². The first-order valence-electron chi connectivity index (χ1n) is 8.60. The molecular formula is C20H18FN3O2. The van der Waals surface area contributed by atoms with E-state index in [-0.39, 0.29) is 24.2 Å². The molecule has 0 radical (unpaired) electrons. The van der Waals surface area contributed by atoms with E-state index in [0.29, 0.717) is 23.7 Å². The van der Waals surface area contributed by atoms with Gasteiger partial charge in [-0.15, -0.1) is 0 Å².